The van der Waals surface area contributed by atoms with Crippen molar-refractivity contribution in [3.63, 3.8) is 0 Å². The Morgan fingerprint density at radius 2 is 2.16 bits per heavy atom. The molecule has 0 spiro atoms. The molecule has 19 heavy (non-hydrogen) atoms. The molecule has 1 aromatic heterocycles. The normalized spacial score (nSPS) is 16.0. The summed E-state index contributed by atoms with van der Waals surface area (Å²) in [4.78, 5) is 17.9. The van der Waals surface area contributed by atoms with E-state index in [9.17, 15) is 4.79 Å². The number of hydrogen-bond donors (Lipinski definition) is 1. The Labute approximate surface area is 114 Å². The number of hydrogen-bond acceptors (Lipinski definition) is 3. The summed E-state index contributed by atoms with van der Waals surface area (Å²) in [6.45, 7) is 5.55. The van der Waals surface area contributed by atoms with Crippen LogP contribution in [0.25, 0.3) is 0 Å². The van der Waals surface area contributed by atoms with E-state index in [4.69, 9.17) is 0 Å². The molecule has 2 rings (SSSR count). The van der Waals surface area contributed by atoms with Gasteiger partial charge < -0.3 is 10.2 Å². The Kier molecular flexibility index (Phi) is 4.55. The highest BCUT2D eigenvalue weighted by atomic mass is 16.2. The van der Waals surface area contributed by atoms with Crippen molar-refractivity contribution in [3.8, 4) is 0 Å². The Bertz CT molecular complexity index is 444. The lowest BCUT2D eigenvalue weighted by Crippen LogP contribution is -2.41. The fourth-order valence-corrected chi connectivity index (χ4v) is 2.27. The number of amides is 1. The van der Waals surface area contributed by atoms with Crippen LogP contribution in [0.4, 0.5) is 5.69 Å². The number of rotatable bonds is 3. The lowest BCUT2D eigenvalue weighted by molar-refractivity contribution is -0.126. The number of pyridine rings is 1. The second kappa shape index (κ2) is 6.36. The molecular formula is C15H21N3O. The highest BCUT2D eigenvalue weighted by Crippen LogP contribution is 2.16. The van der Waals surface area contributed by atoms with Crippen LogP contribution < -0.4 is 5.32 Å². The Hall–Kier alpha value is -1.84. The van der Waals surface area contributed by atoms with Gasteiger partial charge in [0.15, 0.2) is 0 Å². The third-order valence-corrected chi connectivity index (χ3v) is 3.25. The molecule has 1 aromatic rings. The zero-order valence-electron chi connectivity index (χ0n) is 11.6. The quantitative estimate of drug-likeness (QED) is 0.848. The topological polar surface area (TPSA) is 45.2 Å². The molecule has 1 aliphatic heterocycles. The average Bonchev–Trinajstić information content (AvgIpc) is 2.40. The summed E-state index contributed by atoms with van der Waals surface area (Å²) in [5.41, 5.74) is 2.11. The number of aromatic nitrogens is 1. The van der Waals surface area contributed by atoms with Gasteiger partial charge in [0.2, 0.25) is 5.91 Å². The largest absolute Gasteiger partial charge is 0.381 e. The summed E-state index contributed by atoms with van der Waals surface area (Å²) in [6, 6.07) is 4.38. The van der Waals surface area contributed by atoms with E-state index >= 15 is 0 Å². The number of anilines is 1. The summed E-state index contributed by atoms with van der Waals surface area (Å²) >= 11 is 0. The predicted molar refractivity (Wildman–Crippen MR) is 76.9 cm³/mol. The minimum absolute atomic E-state index is 0.139. The molecule has 102 valence electrons. The first-order valence-electron chi connectivity index (χ1n) is 6.75. The number of allylic oxidation sites excluding steroid dienone is 1. The molecule has 0 saturated carbocycles. The van der Waals surface area contributed by atoms with Crippen LogP contribution in [0.3, 0.4) is 0 Å². The summed E-state index contributed by atoms with van der Waals surface area (Å²) in [5.74, 6) is 0.139. The van der Waals surface area contributed by atoms with Gasteiger partial charge in [0, 0.05) is 37.6 Å². The van der Waals surface area contributed by atoms with Crippen molar-refractivity contribution < 1.29 is 4.79 Å². The highest BCUT2D eigenvalue weighted by Gasteiger charge is 2.21. The average molecular weight is 259 g/mol. The SMILES string of the molecule is CC(C)=CC(=O)N1CCC(Nc2cccnc2)CC1. The van der Waals surface area contributed by atoms with Gasteiger partial charge in [-0.2, -0.15) is 0 Å². The van der Waals surface area contributed by atoms with Gasteiger partial charge in [0.1, 0.15) is 0 Å². The third kappa shape index (κ3) is 4.09. The van der Waals surface area contributed by atoms with Crippen LogP contribution in [0.15, 0.2) is 36.2 Å². The molecule has 1 aliphatic rings. The second-order valence-electron chi connectivity index (χ2n) is 5.21. The first-order chi connectivity index (χ1) is 9.15. The van der Waals surface area contributed by atoms with E-state index < -0.39 is 0 Å². The van der Waals surface area contributed by atoms with Crippen LogP contribution in [0, 0.1) is 0 Å². The zero-order chi connectivity index (χ0) is 13.7. The van der Waals surface area contributed by atoms with E-state index in [2.05, 4.69) is 10.3 Å². The van der Waals surface area contributed by atoms with Crippen molar-refractivity contribution >= 4 is 11.6 Å². The molecule has 4 heteroatoms. The molecular weight excluding hydrogens is 238 g/mol. The number of nitrogens with zero attached hydrogens (tertiary/aromatic N) is 2. The predicted octanol–water partition coefficient (Wildman–Crippen LogP) is 2.45. The van der Waals surface area contributed by atoms with Crippen molar-refractivity contribution in [1.82, 2.24) is 9.88 Å². The van der Waals surface area contributed by atoms with E-state index in [1.165, 1.54) is 0 Å². The standard InChI is InChI=1S/C15H21N3O/c1-12(2)10-15(19)18-8-5-13(6-9-18)17-14-4-3-7-16-11-14/h3-4,7,10-11,13,17H,5-6,8-9H2,1-2H3. The number of likely N-dealkylation sites (tertiary alicyclic amines) is 1. The first kappa shape index (κ1) is 13.6. The summed E-state index contributed by atoms with van der Waals surface area (Å²) in [7, 11) is 0. The second-order valence-corrected chi connectivity index (χ2v) is 5.21. The lowest BCUT2D eigenvalue weighted by atomic mass is 10.0. The minimum Gasteiger partial charge on any atom is -0.381 e. The first-order valence-corrected chi connectivity index (χ1v) is 6.75. The van der Waals surface area contributed by atoms with Crippen molar-refractivity contribution in [1.29, 1.82) is 0 Å². The van der Waals surface area contributed by atoms with Crippen molar-refractivity contribution in [2.45, 2.75) is 32.7 Å². The smallest absolute Gasteiger partial charge is 0.246 e. The van der Waals surface area contributed by atoms with Gasteiger partial charge in [-0.3, -0.25) is 9.78 Å². The lowest BCUT2D eigenvalue weighted by Gasteiger charge is -2.32. The van der Waals surface area contributed by atoms with Gasteiger partial charge in [-0.1, -0.05) is 5.57 Å². The molecule has 1 saturated heterocycles. The van der Waals surface area contributed by atoms with E-state index in [0.29, 0.717) is 6.04 Å². The number of carbonyl (C=O) groups is 1. The molecule has 0 aliphatic carbocycles. The molecule has 1 N–H and O–H groups in total. The third-order valence-electron chi connectivity index (χ3n) is 3.25. The summed E-state index contributed by atoms with van der Waals surface area (Å²) in [5, 5.41) is 3.47. The van der Waals surface area contributed by atoms with Gasteiger partial charge in [0.25, 0.3) is 0 Å². The number of nitrogens with one attached hydrogen (secondary N) is 1. The maximum absolute atomic E-state index is 11.9. The Morgan fingerprint density at radius 1 is 1.42 bits per heavy atom. The summed E-state index contributed by atoms with van der Waals surface area (Å²) in [6.07, 6.45) is 7.29. The van der Waals surface area contributed by atoms with E-state index in [-0.39, 0.29) is 5.91 Å². The zero-order valence-corrected chi connectivity index (χ0v) is 11.6. The van der Waals surface area contributed by atoms with Crippen molar-refractivity contribution in [2.24, 2.45) is 0 Å². The number of piperidine rings is 1. The molecule has 0 unspecified atom stereocenters. The van der Waals surface area contributed by atoms with Gasteiger partial charge >= 0.3 is 0 Å². The maximum atomic E-state index is 11.9. The molecule has 1 fully saturated rings. The van der Waals surface area contributed by atoms with Crippen molar-refractivity contribution in [2.75, 3.05) is 18.4 Å². The van der Waals surface area contributed by atoms with Gasteiger partial charge in [-0.25, -0.2) is 0 Å². The molecule has 0 atom stereocenters. The summed E-state index contributed by atoms with van der Waals surface area (Å²) < 4.78 is 0. The monoisotopic (exact) mass is 259 g/mol. The fourth-order valence-electron chi connectivity index (χ4n) is 2.27. The van der Waals surface area contributed by atoms with E-state index in [0.717, 1.165) is 37.2 Å². The number of carbonyl (C=O) groups excluding carboxylic acids is 1. The molecule has 1 amide bonds. The van der Waals surface area contributed by atoms with Crippen LogP contribution in [-0.2, 0) is 4.79 Å². The highest BCUT2D eigenvalue weighted by molar-refractivity contribution is 5.88. The van der Waals surface area contributed by atoms with E-state index in [1.54, 1.807) is 12.3 Å². The Balaban J connectivity index is 1.83. The molecule has 0 radical (unpaired) electrons. The van der Waals surface area contributed by atoms with Crippen LogP contribution in [-0.4, -0.2) is 34.9 Å². The van der Waals surface area contributed by atoms with Gasteiger partial charge in [-0.15, -0.1) is 0 Å². The fraction of sp³-hybridized carbons (Fsp3) is 0.467. The van der Waals surface area contributed by atoms with Crippen LogP contribution in [0.1, 0.15) is 26.7 Å². The van der Waals surface area contributed by atoms with Crippen molar-refractivity contribution in [3.05, 3.63) is 36.2 Å². The minimum atomic E-state index is 0.139. The van der Waals surface area contributed by atoms with Crippen LogP contribution >= 0.6 is 0 Å². The van der Waals surface area contributed by atoms with Crippen LogP contribution in [0.2, 0.25) is 0 Å². The molecule has 0 bridgehead atoms. The van der Waals surface area contributed by atoms with Gasteiger partial charge in [-0.05, 0) is 38.8 Å². The molecule has 2 heterocycles. The maximum Gasteiger partial charge on any atom is 0.246 e. The van der Waals surface area contributed by atoms with Gasteiger partial charge in [0.05, 0.1) is 5.69 Å². The molecule has 4 nitrogen and oxygen atoms in total. The molecule has 0 aromatic carbocycles. The Morgan fingerprint density at radius 3 is 2.74 bits per heavy atom. The van der Waals surface area contributed by atoms with E-state index in [1.807, 2.05) is 37.1 Å². The van der Waals surface area contributed by atoms with Crippen LogP contribution in [0.5, 0.6) is 0 Å².